The molecule has 3 N–H and O–H groups in total. The molecule has 0 heterocycles. The van der Waals surface area contributed by atoms with Gasteiger partial charge in [-0.05, 0) is 37.1 Å². The fourth-order valence-electron chi connectivity index (χ4n) is 1.40. The van der Waals surface area contributed by atoms with Crippen molar-refractivity contribution < 1.29 is 9.53 Å². The number of aryl methyl sites for hydroxylation is 2. The van der Waals surface area contributed by atoms with Crippen LogP contribution in [0.5, 0.6) is 5.75 Å². The zero-order valence-electron chi connectivity index (χ0n) is 9.95. The molecule has 17 heavy (non-hydrogen) atoms. The molecule has 1 aromatic carbocycles. The van der Waals surface area contributed by atoms with Crippen LogP contribution < -0.4 is 15.8 Å². The standard InChI is InChI=1S/C12H16N2O2S/c1-8-3-9(2)5-10(4-8)16-7-12(15)14-6-11(13)17/h3-5H,6-7H2,1-2H3,(H2,13,17)(H,14,15). The van der Waals surface area contributed by atoms with Crippen molar-refractivity contribution in [2.45, 2.75) is 13.8 Å². The zero-order valence-corrected chi connectivity index (χ0v) is 10.8. The van der Waals surface area contributed by atoms with Crippen LogP contribution in [0.4, 0.5) is 0 Å². The van der Waals surface area contributed by atoms with Crippen molar-refractivity contribution in [2.24, 2.45) is 5.73 Å². The fraction of sp³-hybridized carbons (Fsp3) is 0.333. The van der Waals surface area contributed by atoms with Crippen LogP contribution in [-0.4, -0.2) is 24.0 Å². The van der Waals surface area contributed by atoms with Crippen molar-refractivity contribution in [3.63, 3.8) is 0 Å². The maximum Gasteiger partial charge on any atom is 0.258 e. The van der Waals surface area contributed by atoms with E-state index < -0.39 is 0 Å². The Balaban J connectivity index is 2.44. The van der Waals surface area contributed by atoms with Crippen molar-refractivity contribution in [3.05, 3.63) is 29.3 Å². The number of thiocarbonyl (C=S) groups is 1. The van der Waals surface area contributed by atoms with Gasteiger partial charge < -0.3 is 15.8 Å². The topological polar surface area (TPSA) is 64.3 Å². The van der Waals surface area contributed by atoms with Gasteiger partial charge in [0.2, 0.25) is 0 Å². The summed E-state index contributed by atoms with van der Waals surface area (Å²) in [5, 5.41) is 2.55. The smallest absolute Gasteiger partial charge is 0.258 e. The minimum absolute atomic E-state index is 0.0362. The number of benzene rings is 1. The van der Waals surface area contributed by atoms with Crippen LogP contribution in [0.1, 0.15) is 11.1 Å². The monoisotopic (exact) mass is 252 g/mol. The molecule has 92 valence electrons. The first-order chi connectivity index (χ1) is 7.97. The van der Waals surface area contributed by atoms with Gasteiger partial charge in [0.25, 0.3) is 5.91 Å². The van der Waals surface area contributed by atoms with E-state index in [0.29, 0.717) is 5.75 Å². The summed E-state index contributed by atoms with van der Waals surface area (Å²) in [5.41, 5.74) is 7.46. The summed E-state index contributed by atoms with van der Waals surface area (Å²) in [6.07, 6.45) is 0. The molecule has 0 saturated carbocycles. The quantitative estimate of drug-likeness (QED) is 0.770. The van der Waals surface area contributed by atoms with Crippen molar-refractivity contribution in [3.8, 4) is 5.75 Å². The van der Waals surface area contributed by atoms with Crippen molar-refractivity contribution in [1.29, 1.82) is 0 Å². The van der Waals surface area contributed by atoms with Crippen LogP contribution in [0.3, 0.4) is 0 Å². The first-order valence-electron chi connectivity index (χ1n) is 5.23. The highest BCUT2D eigenvalue weighted by Gasteiger charge is 2.03. The lowest BCUT2D eigenvalue weighted by Crippen LogP contribution is -2.35. The average Bonchev–Trinajstić information content (AvgIpc) is 2.22. The Labute approximate surface area is 106 Å². The third kappa shape index (κ3) is 5.31. The number of nitrogens with two attached hydrogens (primary N) is 1. The number of carbonyl (C=O) groups is 1. The van der Waals surface area contributed by atoms with Crippen molar-refractivity contribution in [2.75, 3.05) is 13.2 Å². The Morgan fingerprint density at radius 3 is 2.47 bits per heavy atom. The Hall–Kier alpha value is -1.62. The summed E-state index contributed by atoms with van der Waals surface area (Å²) in [4.78, 5) is 11.6. The summed E-state index contributed by atoms with van der Waals surface area (Å²) < 4.78 is 5.37. The molecule has 4 nitrogen and oxygen atoms in total. The molecule has 0 atom stereocenters. The van der Waals surface area contributed by atoms with Gasteiger partial charge in [0, 0.05) is 0 Å². The molecule has 0 spiro atoms. The summed E-state index contributed by atoms with van der Waals surface area (Å²) in [7, 11) is 0. The van der Waals surface area contributed by atoms with Crippen molar-refractivity contribution >= 4 is 23.1 Å². The van der Waals surface area contributed by atoms with Gasteiger partial charge in [0.05, 0.1) is 11.5 Å². The summed E-state index contributed by atoms with van der Waals surface area (Å²) in [6, 6.07) is 5.81. The largest absolute Gasteiger partial charge is 0.484 e. The molecule has 0 aliphatic carbocycles. The number of amides is 1. The van der Waals surface area contributed by atoms with E-state index in [0.717, 1.165) is 11.1 Å². The van der Waals surface area contributed by atoms with Crippen LogP contribution >= 0.6 is 12.2 Å². The Morgan fingerprint density at radius 2 is 1.94 bits per heavy atom. The molecule has 1 amide bonds. The summed E-state index contributed by atoms with van der Waals surface area (Å²) in [6.45, 7) is 4.12. The predicted octanol–water partition coefficient (Wildman–Crippen LogP) is 1.08. The zero-order chi connectivity index (χ0) is 12.8. The van der Waals surface area contributed by atoms with Crippen LogP contribution in [0.25, 0.3) is 0 Å². The van der Waals surface area contributed by atoms with E-state index in [2.05, 4.69) is 17.5 Å². The number of rotatable bonds is 5. The Morgan fingerprint density at radius 1 is 1.35 bits per heavy atom. The second-order valence-electron chi connectivity index (χ2n) is 3.86. The summed E-state index contributed by atoms with van der Waals surface area (Å²) >= 11 is 4.65. The van der Waals surface area contributed by atoms with Crippen molar-refractivity contribution in [1.82, 2.24) is 5.32 Å². The van der Waals surface area contributed by atoms with E-state index in [9.17, 15) is 4.79 Å². The fourth-order valence-corrected chi connectivity index (χ4v) is 1.47. The SMILES string of the molecule is Cc1cc(C)cc(OCC(=O)NCC(N)=S)c1. The van der Waals surface area contributed by atoms with Crippen LogP contribution in [0.2, 0.25) is 0 Å². The Bertz CT molecular complexity index is 412. The normalized spacial score (nSPS) is 9.76. The molecule has 0 unspecified atom stereocenters. The Kier molecular flexibility index (Phi) is 4.90. The van der Waals surface area contributed by atoms with E-state index in [1.54, 1.807) is 0 Å². The van der Waals surface area contributed by atoms with E-state index in [1.165, 1.54) is 0 Å². The van der Waals surface area contributed by atoms with E-state index in [-0.39, 0.29) is 24.0 Å². The highest BCUT2D eigenvalue weighted by molar-refractivity contribution is 7.80. The first-order valence-corrected chi connectivity index (χ1v) is 5.64. The molecule has 0 fully saturated rings. The van der Waals surface area contributed by atoms with Crippen LogP contribution in [-0.2, 0) is 4.79 Å². The predicted molar refractivity (Wildman–Crippen MR) is 71.2 cm³/mol. The maximum atomic E-state index is 11.3. The third-order valence-electron chi connectivity index (χ3n) is 2.02. The molecule has 1 aromatic rings. The molecular formula is C12H16N2O2S. The molecule has 0 aromatic heterocycles. The highest BCUT2D eigenvalue weighted by Crippen LogP contribution is 2.15. The average molecular weight is 252 g/mol. The first kappa shape index (κ1) is 13.4. The van der Waals surface area contributed by atoms with E-state index >= 15 is 0 Å². The van der Waals surface area contributed by atoms with Gasteiger partial charge in [-0.15, -0.1) is 0 Å². The molecule has 1 rings (SSSR count). The molecule has 0 aliphatic heterocycles. The molecular weight excluding hydrogens is 236 g/mol. The minimum atomic E-state index is -0.239. The van der Waals surface area contributed by atoms with Gasteiger partial charge in [-0.1, -0.05) is 18.3 Å². The molecule has 5 heteroatoms. The van der Waals surface area contributed by atoms with Crippen LogP contribution in [0, 0.1) is 13.8 Å². The molecule has 0 radical (unpaired) electrons. The van der Waals surface area contributed by atoms with Gasteiger partial charge in [0.15, 0.2) is 6.61 Å². The van der Waals surface area contributed by atoms with Gasteiger partial charge in [-0.2, -0.15) is 0 Å². The van der Waals surface area contributed by atoms with Crippen LogP contribution in [0.15, 0.2) is 18.2 Å². The number of hydrogen-bond acceptors (Lipinski definition) is 3. The van der Waals surface area contributed by atoms with Gasteiger partial charge >= 0.3 is 0 Å². The lowest BCUT2D eigenvalue weighted by Gasteiger charge is -2.08. The molecule has 0 saturated heterocycles. The van der Waals surface area contributed by atoms with Gasteiger partial charge in [0.1, 0.15) is 5.75 Å². The molecule has 0 bridgehead atoms. The lowest BCUT2D eigenvalue weighted by atomic mass is 10.1. The molecule has 0 aliphatic rings. The third-order valence-corrected chi connectivity index (χ3v) is 2.17. The lowest BCUT2D eigenvalue weighted by molar-refractivity contribution is -0.122. The number of hydrogen-bond donors (Lipinski definition) is 2. The van der Waals surface area contributed by atoms with E-state index in [4.69, 9.17) is 10.5 Å². The number of ether oxygens (including phenoxy) is 1. The van der Waals surface area contributed by atoms with E-state index in [1.807, 2.05) is 32.0 Å². The minimum Gasteiger partial charge on any atom is -0.484 e. The number of carbonyl (C=O) groups excluding carboxylic acids is 1. The highest BCUT2D eigenvalue weighted by atomic mass is 32.1. The second kappa shape index (κ2) is 6.20. The summed E-state index contributed by atoms with van der Waals surface area (Å²) in [5.74, 6) is 0.449. The number of nitrogens with one attached hydrogen (secondary N) is 1. The second-order valence-corrected chi connectivity index (χ2v) is 4.38. The maximum absolute atomic E-state index is 11.3. The van der Waals surface area contributed by atoms with Gasteiger partial charge in [-0.3, -0.25) is 4.79 Å². The van der Waals surface area contributed by atoms with Gasteiger partial charge in [-0.25, -0.2) is 0 Å².